The maximum Gasteiger partial charge on any atom is 0.323 e. The number of carboxylic acid groups (broad SMARTS) is 1. The molecule has 0 radical (unpaired) electrons. The molecule has 0 saturated carbocycles. The maximum atomic E-state index is 13.1. The highest BCUT2D eigenvalue weighted by Gasteiger charge is 2.22. The second-order valence-electron chi connectivity index (χ2n) is 4.84. The average molecular weight is 278 g/mol. The molecule has 1 aromatic carbocycles. The van der Waals surface area contributed by atoms with Crippen LogP contribution in [0.1, 0.15) is 24.3 Å². The molecule has 0 spiro atoms. The van der Waals surface area contributed by atoms with Gasteiger partial charge in [-0.05, 0) is 38.1 Å². The highest BCUT2D eigenvalue weighted by atomic mass is 19.1. The monoisotopic (exact) mass is 278 g/mol. The van der Waals surface area contributed by atoms with E-state index >= 15 is 0 Å². The van der Waals surface area contributed by atoms with Crippen molar-refractivity contribution in [1.29, 1.82) is 0 Å². The van der Waals surface area contributed by atoms with E-state index in [0.29, 0.717) is 10.9 Å². The number of aromatic nitrogens is 1. The van der Waals surface area contributed by atoms with Gasteiger partial charge >= 0.3 is 5.97 Å². The van der Waals surface area contributed by atoms with Gasteiger partial charge in [0.2, 0.25) is 0 Å². The van der Waals surface area contributed by atoms with E-state index in [9.17, 15) is 14.0 Å². The molecule has 0 aliphatic heterocycles. The second-order valence-corrected chi connectivity index (χ2v) is 4.84. The standard InChI is InChI=1S/C14H15FN2O3/c1-8(2)17(7-13(18)19)14(20)12-6-9-5-10(15)3-4-11(9)16-12/h3-6,8,16H,7H2,1-2H3,(H,18,19). The lowest BCUT2D eigenvalue weighted by Gasteiger charge is -2.24. The largest absolute Gasteiger partial charge is 0.480 e. The highest BCUT2D eigenvalue weighted by molar-refractivity contribution is 5.99. The number of aliphatic carboxylic acids is 1. The fourth-order valence-electron chi connectivity index (χ4n) is 2.01. The second kappa shape index (κ2) is 5.32. The molecule has 1 aromatic heterocycles. The quantitative estimate of drug-likeness (QED) is 0.900. The minimum Gasteiger partial charge on any atom is -0.480 e. The number of hydrogen-bond donors (Lipinski definition) is 2. The van der Waals surface area contributed by atoms with Gasteiger partial charge in [-0.25, -0.2) is 4.39 Å². The van der Waals surface area contributed by atoms with E-state index in [1.54, 1.807) is 19.9 Å². The van der Waals surface area contributed by atoms with Gasteiger partial charge in [-0.15, -0.1) is 0 Å². The third-order valence-corrected chi connectivity index (χ3v) is 3.00. The zero-order valence-electron chi connectivity index (χ0n) is 11.2. The Morgan fingerprint density at radius 1 is 1.35 bits per heavy atom. The molecule has 2 aromatic rings. The number of halogens is 1. The summed E-state index contributed by atoms with van der Waals surface area (Å²) in [5, 5.41) is 9.43. The lowest BCUT2D eigenvalue weighted by atomic mass is 10.2. The molecule has 1 amide bonds. The summed E-state index contributed by atoms with van der Waals surface area (Å²) >= 11 is 0. The van der Waals surface area contributed by atoms with Crippen LogP contribution in [-0.4, -0.2) is 39.5 Å². The maximum absolute atomic E-state index is 13.1. The van der Waals surface area contributed by atoms with Crippen molar-refractivity contribution in [2.45, 2.75) is 19.9 Å². The van der Waals surface area contributed by atoms with Crippen LogP contribution in [0.25, 0.3) is 10.9 Å². The Hall–Kier alpha value is -2.37. The van der Waals surface area contributed by atoms with E-state index in [1.807, 2.05) is 0 Å². The number of nitrogens with one attached hydrogen (secondary N) is 1. The van der Waals surface area contributed by atoms with Crippen LogP contribution in [0.4, 0.5) is 4.39 Å². The summed E-state index contributed by atoms with van der Waals surface area (Å²) in [5.41, 5.74) is 0.884. The van der Waals surface area contributed by atoms with E-state index in [-0.39, 0.29) is 24.1 Å². The molecule has 0 saturated heterocycles. The predicted octanol–water partition coefficient (Wildman–Crippen LogP) is 2.24. The number of fused-ring (bicyclic) bond motifs is 1. The normalized spacial score (nSPS) is 11.0. The first-order valence-corrected chi connectivity index (χ1v) is 6.19. The van der Waals surface area contributed by atoms with E-state index in [1.165, 1.54) is 23.1 Å². The van der Waals surface area contributed by atoms with Crippen molar-refractivity contribution in [2.75, 3.05) is 6.54 Å². The summed E-state index contributed by atoms with van der Waals surface area (Å²) in [6.07, 6.45) is 0. The molecule has 106 valence electrons. The van der Waals surface area contributed by atoms with E-state index in [4.69, 9.17) is 5.11 Å². The fraction of sp³-hybridized carbons (Fsp3) is 0.286. The number of benzene rings is 1. The Labute approximate surface area is 115 Å². The van der Waals surface area contributed by atoms with Gasteiger partial charge in [0, 0.05) is 16.9 Å². The summed E-state index contributed by atoms with van der Waals surface area (Å²) < 4.78 is 13.1. The predicted molar refractivity (Wildman–Crippen MR) is 72.1 cm³/mol. The third-order valence-electron chi connectivity index (χ3n) is 3.00. The Kier molecular flexibility index (Phi) is 3.74. The lowest BCUT2D eigenvalue weighted by molar-refractivity contribution is -0.138. The molecule has 0 fully saturated rings. The van der Waals surface area contributed by atoms with Crippen LogP contribution in [0.15, 0.2) is 24.3 Å². The zero-order valence-corrected chi connectivity index (χ0v) is 11.2. The molecule has 0 bridgehead atoms. The summed E-state index contributed by atoms with van der Waals surface area (Å²) in [5.74, 6) is -1.88. The van der Waals surface area contributed by atoms with Crippen LogP contribution >= 0.6 is 0 Å². The lowest BCUT2D eigenvalue weighted by Crippen LogP contribution is -2.40. The molecule has 0 aliphatic rings. The molecule has 0 unspecified atom stereocenters. The van der Waals surface area contributed by atoms with Gasteiger partial charge in [0.25, 0.3) is 5.91 Å². The SMILES string of the molecule is CC(C)N(CC(=O)O)C(=O)c1cc2cc(F)ccc2[nH]1. The Morgan fingerprint density at radius 2 is 2.05 bits per heavy atom. The number of carbonyl (C=O) groups is 2. The Balaban J connectivity index is 2.35. The topological polar surface area (TPSA) is 73.4 Å². The molecule has 6 heteroatoms. The van der Waals surface area contributed by atoms with Gasteiger partial charge in [-0.1, -0.05) is 0 Å². The van der Waals surface area contributed by atoms with Gasteiger partial charge < -0.3 is 15.0 Å². The van der Waals surface area contributed by atoms with Gasteiger partial charge in [-0.3, -0.25) is 9.59 Å². The Morgan fingerprint density at radius 3 is 2.65 bits per heavy atom. The number of hydrogen-bond acceptors (Lipinski definition) is 2. The van der Waals surface area contributed by atoms with Crippen molar-refractivity contribution in [3.63, 3.8) is 0 Å². The number of H-pyrrole nitrogens is 1. The molecule has 2 rings (SSSR count). The number of nitrogens with zero attached hydrogens (tertiary/aromatic N) is 1. The summed E-state index contributed by atoms with van der Waals surface area (Å²) in [7, 11) is 0. The molecule has 2 N–H and O–H groups in total. The first-order valence-electron chi connectivity index (χ1n) is 6.19. The fourth-order valence-corrected chi connectivity index (χ4v) is 2.01. The van der Waals surface area contributed by atoms with E-state index in [0.717, 1.165) is 0 Å². The highest BCUT2D eigenvalue weighted by Crippen LogP contribution is 2.18. The van der Waals surface area contributed by atoms with Crippen LogP contribution in [0.3, 0.4) is 0 Å². The zero-order chi connectivity index (χ0) is 14.9. The number of rotatable bonds is 4. The van der Waals surface area contributed by atoms with Gasteiger partial charge in [0.15, 0.2) is 0 Å². The molecule has 0 atom stereocenters. The third kappa shape index (κ3) is 2.79. The molecule has 1 heterocycles. The Bertz CT molecular complexity index is 663. The summed E-state index contributed by atoms with van der Waals surface area (Å²) in [6, 6.07) is 5.43. The van der Waals surface area contributed by atoms with Crippen molar-refractivity contribution in [3.05, 3.63) is 35.8 Å². The smallest absolute Gasteiger partial charge is 0.323 e. The molecule has 20 heavy (non-hydrogen) atoms. The van der Waals surface area contributed by atoms with Crippen LogP contribution in [0.5, 0.6) is 0 Å². The van der Waals surface area contributed by atoms with E-state index in [2.05, 4.69) is 4.98 Å². The first-order chi connectivity index (χ1) is 9.38. The molecule has 5 nitrogen and oxygen atoms in total. The van der Waals surface area contributed by atoms with Crippen LogP contribution < -0.4 is 0 Å². The van der Waals surface area contributed by atoms with Crippen LogP contribution in [-0.2, 0) is 4.79 Å². The average Bonchev–Trinajstić information content (AvgIpc) is 2.77. The summed E-state index contributed by atoms with van der Waals surface area (Å²) in [6.45, 7) is 3.10. The van der Waals surface area contributed by atoms with Crippen molar-refractivity contribution < 1.29 is 19.1 Å². The van der Waals surface area contributed by atoms with E-state index < -0.39 is 11.9 Å². The number of aromatic amines is 1. The van der Waals surface area contributed by atoms with Gasteiger partial charge in [-0.2, -0.15) is 0 Å². The number of amides is 1. The number of carbonyl (C=O) groups excluding carboxylic acids is 1. The minimum absolute atomic E-state index is 0.248. The van der Waals surface area contributed by atoms with Crippen LogP contribution in [0, 0.1) is 5.82 Å². The first kappa shape index (κ1) is 14.0. The van der Waals surface area contributed by atoms with Crippen molar-refractivity contribution in [3.8, 4) is 0 Å². The summed E-state index contributed by atoms with van der Waals surface area (Å²) in [4.78, 5) is 27.2. The van der Waals surface area contributed by atoms with Gasteiger partial charge in [0.05, 0.1) is 0 Å². The van der Waals surface area contributed by atoms with Gasteiger partial charge in [0.1, 0.15) is 18.1 Å². The molecular weight excluding hydrogens is 263 g/mol. The molecular formula is C14H15FN2O3. The van der Waals surface area contributed by atoms with Crippen molar-refractivity contribution >= 4 is 22.8 Å². The van der Waals surface area contributed by atoms with Crippen molar-refractivity contribution in [1.82, 2.24) is 9.88 Å². The minimum atomic E-state index is -1.07. The van der Waals surface area contributed by atoms with Crippen molar-refractivity contribution in [2.24, 2.45) is 0 Å². The van der Waals surface area contributed by atoms with Crippen LogP contribution in [0.2, 0.25) is 0 Å². The number of carboxylic acids is 1. The molecule has 0 aliphatic carbocycles.